The van der Waals surface area contributed by atoms with E-state index >= 15 is 0 Å². The van der Waals surface area contributed by atoms with Crippen LogP contribution in [0.2, 0.25) is 5.02 Å². The summed E-state index contributed by atoms with van der Waals surface area (Å²) in [6, 6.07) is 3.57. The maximum atomic E-state index is 5.90. The van der Waals surface area contributed by atoms with Crippen LogP contribution in [0, 0.1) is 0 Å². The van der Waals surface area contributed by atoms with E-state index in [-0.39, 0.29) is 6.04 Å². The fourth-order valence-electron chi connectivity index (χ4n) is 1.28. The van der Waals surface area contributed by atoms with E-state index in [1.54, 1.807) is 6.07 Å². The summed E-state index contributed by atoms with van der Waals surface area (Å²) in [5.74, 6) is 0.832. The number of halogens is 2. The second kappa shape index (κ2) is 2.91. The van der Waals surface area contributed by atoms with E-state index in [0.29, 0.717) is 11.6 Å². The SMILES string of the molecule is N[C@H]1COc2ccc(Cl)c(Br)c21. The van der Waals surface area contributed by atoms with Gasteiger partial charge in [-0.25, -0.2) is 0 Å². The first-order chi connectivity index (χ1) is 5.70. The monoisotopic (exact) mass is 247 g/mol. The number of nitrogens with two attached hydrogens (primary N) is 1. The quantitative estimate of drug-likeness (QED) is 0.766. The molecule has 1 heterocycles. The van der Waals surface area contributed by atoms with E-state index in [4.69, 9.17) is 22.1 Å². The first-order valence-corrected chi connectivity index (χ1v) is 4.73. The molecule has 1 aliphatic rings. The fourth-order valence-corrected chi connectivity index (χ4v) is 2.07. The predicted molar refractivity (Wildman–Crippen MR) is 51.6 cm³/mol. The van der Waals surface area contributed by atoms with Gasteiger partial charge < -0.3 is 10.5 Å². The Morgan fingerprint density at radius 2 is 2.33 bits per heavy atom. The maximum Gasteiger partial charge on any atom is 0.125 e. The molecule has 0 saturated carbocycles. The average Bonchev–Trinajstić information content (AvgIpc) is 2.41. The Labute approximate surface area is 83.8 Å². The molecule has 1 aromatic carbocycles. The fraction of sp³-hybridized carbons (Fsp3) is 0.250. The molecule has 2 nitrogen and oxygen atoms in total. The van der Waals surface area contributed by atoms with Gasteiger partial charge in [-0.2, -0.15) is 0 Å². The lowest BCUT2D eigenvalue weighted by molar-refractivity contribution is 0.333. The topological polar surface area (TPSA) is 35.2 Å². The minimum atomic E-state index is -0.0620. The predicted octanol–water partition coefficient (Wildman–Crippen LogP) is 2.49. The van der Waals surface area contributed by atoms with E-state index < -0.39 is 0 Å². The molecular formula is C8H7BrClNO. The zero-order chi connectivity index (χ0) is 8.72. The second-order valence-corrected chi connectivity index (χ2v) is 3.89. The summed E-state index contributed by atoms with van der Waals surface area (Å²) in [7, 11) is 0. The van der Waals surface area contributed by atoms with Gasteiger partial charge in [-0.15, -0.1) is 0 Å². The van der Waals surface area contributed by atoms with E-state index in [9.17, 15) is 0 Å². The number of benzene rings is 1. The molecule has 0 amide bonds. The number of fused-ring (bicyclic) bond motifs is 1. The van der Waals surface area contributed by atoms with Gasteiger partial charge >= 0.3 is 0 Å². The molecule has 2 rings (SSSR count). The van der Waals surface area contributed by atoms with Crippen molar-refractivity contribution >= 4 is 27.5 Å². The standard InChI is InChI=1S/C8H7BrClNO/c9-8-4(10)1-2-6-7(8)5(11)3-12-6/h1-2,5H,3,11H2/t5-/m0/s1. The van der Waals surface area contributed by atoms with Crippen molar-refractivity contribution in [1.82, 2.24) is 0 Å². The van der Waals surface area contributed by atoms with Crippen LogP contribution >= 0.6 is 27.5 Å². The van der Waals surface area contributed by atoms with Gasteiger partial charge in [0, 0.05) is 10.0 Å². The zero-order valence-electron chi connectivity index (χ0n) is 6.18. The van der Waals surface area contributed by atoms with Gasteiger partial charge in [0.25, 0.3) is 0 Å². The van der Waals surface area contributed by atoms with Crippen molar-refractivity contribution in [3.63, 3.8) is 0 Å². The highest BCUT2D eigenvalue weighted by molar-refractivity contribution is 9.10. The van der Waals surface area contributed by atoms with Crippen molar-refractivity contribution in [3.8, 4) is 5.75 Å². The van der Waals surface area contributed by atoms with E-state index in [1.807, 2.05) is 6.07 Å². The summed E-state index contributed by atoms with van der Waals surface area (Å²) in [5.41, 5.74) is 6.78. The first-order valence-electron chi connectivity index (χ1n) is 3.56. The molecular weight excluding hydrogens is 241 g/mol. The minimum Gasteiger partial charge on any atom is -0.491 e. The highest BCUT2D eigenvalue weighted by Gasteiger charge is 2.24. The molecule has 1 aromatic rings. The summed E-state index contributed by atoms with van der Waals surface area (Å²) < 4.78 is 6.19. The molecule has 0 aromatic heterocycles. The van der Waals surface area contributed by atoms with Crippen LogP contribution in [0.5, 0.6) is 5.75 Å². The highest BCUT2D eigenvalue weighted by atomic mass is 79.9. The van der Waals surface area contributed by atoms with Crippen LogP contribution in [-0.4, -0.2) is 6.61 Å². The molecule has 64 valence electrons. The van der Waals surface area contributed by atoms with E-state index in [1.165, 1.54) is 0 Å². The Morgan fingerprint density at radius 3 is 3.08 bits per heavy atom. The lowest BCUT2D eigenvalue weighted by atomic mass is 10.1. The normalized spacial score (nSPS) is 20.4. The Hall–Kier alpha value is -0.250. The third-order valence-corrected chi connectivity index (χ3v) is 3.28. The Morgan fingerprint density at radius 1 is 1.58 bits per heavy atom. The number of hydrogen-bond donors (Lipinski definition) is 1. The summed E-state index contributed by atoms with van der Waals surface area (Å²) >= 11 is 9.28. The van der Waals surface area contributed by atoms with Crippen LogP contribution in [0.15, 0.2) is 16.6 Å². The van der Waals surface area contributed by atoms with Gasteiger partial charge in [-0.1, -0.05) is 11.6 Å². The van der Waals surface area contributed by atoms with E-state index in [2.05, 4.69) is 15.9 Å². The molecule has 0 aliphatic carbocycles. The first kappa shape index (κ1) is 8.35. The van der Waals surface area contributed by atoms with Gasteiger partial charge in [0.05, 0.1) is 11.1 Å². The number of ether oxygens (including phenoxy) is 1. The van der Waals surface area contributed by atoms with Gasteiger partial charge in [0.2, 0.25) is 0 Å². The maximum absolute atomic E-state index is 5.90. The van der Waals surface area contributed by atoms with Gasteiger partial charge in [-0.3, -0.25) is 0 Å². The largest absolute Gasteiger partial charge is 0.491 e. The molecule has 4 heteroatoms. The van der Waals surface area contributed by atoms with Crippen molar-refractivity contribution in [2.45, 2.75) is 6.04 Å². The molecule has 0 fully saturated rings. The van der Waals surface area contributed by atoms with E-state index in [0.717, 1.165) is 15.8 Å². The van der Waals surface area contributed by atoms with Gasteiger partial charge in [0.1, 0.15) is 12.4 Å². The second-order valence-electron chi connectivity index (χ2n) is 2.69. The van der Waals surface area contributed by atoms with Crippen molar-refractivity contribution in [2.24, 2.45) is 5.73 Å². The van der Waals surface area contributed by atoms with Gasteiger partial charge in [-0.05, 0) is 28.1 Å². The Bertz CT molecular complexity index is 329. The molecule has 2 N–H and O–H groups in total. The molecule has 0 spiro atoms. The molecule has 1 atom stereocenters. The third-order valence-electron chi connectivity index (χ3n) is 1.88. The minimum absolute atomic E-state index is 0.0620. The van der Waals surface area contributed by atoms with Crippen LogP contribution in [0.4, 0.5) is 0 Å². The zero-order valence-corrected chi connectivity index (χ0v) is 8.52. The summed E-state index contributed by atoms with van der Waals surface area (Å²) in [5, 5.41) is 0.676. The van der Waals surface area contributed by atoms with Crippen LogP contribution in [0.3, 0.4) is 0 Å². The van der Waals surface area contributed by atoms with Crippen LogP contribution in [0.25, 0.3) is 0 Å². The molecule has 1 aliphatic heterocycles. The van der Waals surface area contributed by atoms with Crippen molar-refractivity contribution in [1.29, 1.82) is 0 Å². The van der Waals surface area contributed by atoms with Crippen molar-refractivity contribution < 1.29 is 4.74 Å². The molecule has 0 bridgehead atoms. The van der Waals surface area contributed by atoms with Crippen molar-refractivity contribution in [3.05, 3.63) is 27.2 Å². The smallest absolute Gasteiger partial charge is 0.125 e. The van der Waals surface area contributed by atoms with Crippen molar-refractivity contribution in [2.75, 3.05) is 6.61 Å². The molecule has 0 saturated heterocycles. The average molecular weight is 249 g/mol. The van der Waals surface area contributed by atoms with Gasteiger partial charge in [0.15, 0.2) is 0 Å². The number of hydrogen-bond acceptors (Lipinski definition) is 2. The number of rotatable bonds is 0. The van der Waals surface area contributed by atoms with Crippen LogP contribution < -0.4 is 10.5 Å². The Balaban J connectivity index is 2.63. The summed E-state index contributed by atoms with van der Waals surface area (Å²) in [6.45, 7) is 0.536. The highest BCUT2D eigenvalue weighted by Crippen LogP contribution is 2.40. The van der Waals surface area contributed by atoms with Crippen LogP contribution in [-0.2, 0) is 0 Å². The lowest BCUT2D eigenvalue weighted by Gasteiger charge is -2.04. The molecule has 0 unspecified atom stereocenters. The lowest BCUT2D eigenvalue weighted by Crippen LogP contribution is -2.11. The van der Waals surface area contributed by atoms with Crippen LogP contribution in [0.1, 0.15) is 11.6 Å². The third kappa shape index (κ3) is 1.13. The summed E-state index contributed by atoms with van der Waals surface area (Å²) in [4.78, 5) is 0. The molecule has 0 radical (unpaired) electrons. The Kier molecular flexibility index (Phi) is 2.02. The summed E-state index contributed by atoms with van der Waals surface area (Å²) in [6.07, 6.45) is 0. The molecule has 12 heavy (non-hydrogen) atoms.